The summed E-state index contributed by atoms with van der Waals surface area (Å²) in [5.41, 5.74) is 4.45. The van der Waals surface area contributed by atoms with Gasteiger partial charge >= 0.3 is 0 Å². The van der Waals surface area contributed by atoms with Crippen LogP contribution in [0.4, 0.5) is 0 Å². The van der Waals surface area contributed by atoms with Crippen molar-refractivity contribution in [2.75, 3.05) is 0 Å². The van der Waals surface area contributed by atoms with Gasteiger partial charge in [0.05, 0.1) is 0 Å². The van der Waals surface area contributed by atoms with Crippen LogP contribution in [-0.4, -0.2) is 10.8 Å². The van der Waals surface area contributed by atoms with Gasteiger partial charge in [-0.15, -0.1) is 0 Å². The lowest BCUT2D eigenvalue weighted by Crippen LogP contribution is -2.04. The van der Waals surface area contributed by atoms with E-state index in [4.69, 9.17) is 0 Å². The number of nitrogens with zero attached hydrogens (tertiary/aromatic N) is 1. The molecule has 2 aromatic rings. The van der Waals surface area contributed by atoms with Gasteiger partial charge in [-0.3, -0.25) is 9.78 Å². The van der Waals surface area contributed by atoms with Crippen molar-refractivity contribution in [2.24, 2.45) is 0 Å². The molecule has 0 unspecified atom stereocenters. The first-order valence-electron chi connectivity index (χ1n) is 5.62. The highest BCUT2D eigenvalue weighted by atomic mass is 16.1. The molecule has 1 aromatic heterocycles. The smallest absolute Gasteiger partial charge is 0.193 e. The summed E-state index contributed by atoms with van der Waals surface area (Å²) in [7, 11) is 0. The second-order valence-electron chi connectivity index (χ2n) is 4.33. The number of aromatic nitrogens is 1. The molecule has 1 heterocycles. The summed E-state index contributed by atoms with van der Waals surface area (Å²) in [5, 5.41) is 0. The number of ketones is 1. The predicted molar refractivity (Wildman–Crippen MR) is 68.3 cm³/mol. The fourth-order valence-corrected chi connectivity index (χ4v) is 1.82. The summed E-state index contributed by atoms with van der Waals surface area (Å²) in [6, 6.07) is 9.52. The Labute approximate surface area is 101 Å². The van der Waals surface area contributed by atoms with E-state index in [1.54, 1.807) is 12.3 Å². The average molecular weight is 225 g/mol. The molecule has 0 radical (unpaired) electrons. The molecule has 0 atom stereocenters. The molecule has 0 saturated carbocycles. The van der Waals surface area contributed by atoms with Crippen LogP contribution in [-0.2, 0) is 0 Å². The van der Waals surface area contributed by atoms with Gasteiger partial charge < -0.3 is 0 Å². The third kappa shape index (κ3) is 2.41. The number of hydrogen-bond donors (Lipinski definition) is 0. The van der Waals surface area contributed by atoms with Crippen molar-refractivity contribution in [3.05, 3.63) is 64.5 Å². The highest BCUT2D eigenvalue weighted by molar-refractivity contribution is 6.09. The van der Waals surface area contributed by atoms with Gasteiger partial charge in [0.1, 0.15) is 0 Å². The van der Waals surface area contributed by atoms with E-state index in [2.05, 4.69) is 4.98 Å². The normalized spacial score (nSPS) is 10.3. The van der Waals surface area contributed by atoms with Gasteiger partial charge in [0.2, 0.25) is 0 Å². The largest absolute Gasteiger partial charge is 0.289 e. The van der Waals surface area contributed by atoms with Crippen LogP contribution in [0.5, 0.6) is 0 Å². The summed E-state index contributed by atoms with van der Waals surface area (Å²) >= 11 is 0. The quantitative estimate of drug-likeness (QED) is 0.734. The zero-order valence-corrected chi connectivity index (χ0v) is 10.3. The van der Waals surface area contributed by atoms with Gasteiger partial charge in [0, 0.05) is 23.0 Å². The Morgan fingerprint density at radius 1 is 1.06 bits per heavy atom. The lowest BCUT2D eigenvalue weighted by Gasteiger charge is -2.06. The molecule has 2 rings (SSSR count). The van der Waals surface area contributed by atoms with Gasteiger partial charge in [0.15, 0.2) is 5.78 Å². The zero-order chi connectivity index (χ0) is 12.4. The number of rotatable bonds is 2. The van der Waals surface area contributed by atoms with Gasteiger partial charge in [-0.05, 0) is 44.5 Å². The van der Waals surface area contributed by atoms with Crippen LogP contribution >= 0.6 is 0 Å². The maximum atomic E-state index is 12.3. The maximum Gasteiger partial charge on any atom is 0.193 e. The van der Waals surface area contributed by atoms with Crippen LogP contribution in [0.3, 0.4) is 0 Å². The van der Waals surface area contributed by atoms with E-state index in [1.807, 2.05) is 45.0 Å². The van der Waals surface area contributed by atoms with Crippen LogP contribution in [0, 0.1) is 20.8 Å². The highest BCUT2D eigenvalue weighted by Crippen LogP contribution is 2.16. The Morgan fingerprint density at radius 2 is 1.82 bits per heavy atom. The first-order chi connectivity index (χ1) is 8.08. The predicted octanol–water partition coefficient (Wildman–Crippen LogP) is 3.24. The van der Waals surface area contributed by atoms with E-state index < -0.39 is 0 Å². The molecule has 0 amide bonds. The van der Waals surface area contributed by atoms with E-state index in [0.717, 1.165) is 22.4 Å². The molecule has 2 heteroatoms. The molecule has 86 valence electrons. The van der Waals surface area contributed by atoms with Gasteiger partial charge in [-0.2, -0.15) is 0 Å². The minimum Gasteiger partial charge on any atom is -0.289 e. The van der Waals surface area contributed by atoms with Crippen molar-refractivity contribution in [1.82, 2.24) is 4.98 Å². The van der Waals surface area contributed by atoms with E-state index >= 15 is 0 Å². The molecule has 0 aliphatic rings. The van der Waals surface area contributed by atoms with Crippen LogP contribution in [0.15, 0.2) is 36.5 Å². The Bertz CT molecular complexity index is 573. The average Bonchev–Trinajstić information content (AvgIpc) is 2.31. The molecule has 0 fully saturated rings. The number of pyridine rings is 1. The van der Waals surface area contributed by atoms with Gasteiger partial charge in [0.25, 0.3) is 0 Å². The van der Waals surface area contributed by atoms with Crippen LogP contribution in [0.25, 0.3) is 0 Å². The fraction of sp³-hybridized carbons (Fsp3) is 0.200. The molecule has 2 nitrogen and oxygen atoms in total. The number of aryl methyl sites for hydroxylation is 3. The molecule has 0 spiro atoms. The summed E-state index contributed by atoms with van der Waals surface area (Å²) in [6.07, 6.45) is 1.67. The standard InChI is InChI=1S/C15H15NO/c1-10-4-5-11(2)14(8-10)15(17)13-6-7-16-12(3)9-13/h4-9H,1-3H3. The Hall–Kier alpha value is -1.96. The summed E-state index contributed by atoms with van der Waals surface area (Å²) < 4.78 is 0. The zero-order valence-electron chi connectivity index (χ0n) is 10.3. The minimum absolute atomic E-state index is 0.0664. The Kier molecular flexibility index (Phi) is 3.05. The number of benzene rings is 1. The molecule has 0 N–H and O–H groups in total. The fourth-order valence-electron chi connectivity index (χ4n) is 1.82. The van der Waals surface area contributed by atoms with Crippen molar-refractivity contribution < 1.29 is 4.79 Å². The monoisotopic (exact) mass is 225 g/mol. The van der Waals surface area contributed by atoms with E-state index in [-0.39, 0.29) is 5.78 Å². The number of carbonyl (C=O) groups excluding carboxylic acids is 1. The van der Waals surface area contributed by atoms with Crippen LogP contribution < -0.4 is 0 Å². The van der Waals surface area contributed by atoms with Crippen molar-refractivity contribution in [3.8, 4) is 0 Å². The molecule has 0 saturated heterocycles. The third-order valence-electron chi connectivity index (χ3n) is 2.80. The number of hydrogen-bond acceptors (Lipinski definition) is 2. The van der Waals surface area contributed by atoms with Crippen LogP contribution in [0.2, 0.25) is 0 Å². The van der Waals surface area contributed by atoms with Gasteiger partial charge in [-0.25, -0.2) is 0 Å². The summed E-state index contributed by atoms with van der Waals surface area (Å²) in [6.45, 7) is 5.84. The van der Waals surface area contributed by atoms with Crippen molar-refractivity contribution in [1.29, 1.82) is 0 Å². The third-order valence-corrected chi connectivity index (χ3v) is 2.80. The van der Waals surface area contributed by atoms with E-state index in [1.165, 1.54) is 0 Å². The molecule has 0 aliphatic heterocycles. The first-order valence-corrected chi connectivity index (χ1v) is 5.62. The first kappa shape index (κ1) is 11.5. The van der Waals surface area contributed by atoms with Crippen molar-refractivity contribution in [2.45, 2.75) is 20.8 Å². The molecule has 0 bridgehead atoms. The second kappa shape index (κ2) is 4.50. The van der Waals surface area contributed by atoms with Crippen molar-refractivity contribution >= 4 is 5.78 Å². The summed E-state index contributed by atoms with van der Waals surface area (Å²) in [4.78, 5) is 16.4. The lowest BCUT2D eigenvalue weighted by molar-refractivity contribution is 0.103. The highest BCUT2D eigenvalue weighted by Gasteiger charge is 2.11. The van der Waals surface area contributed by atoms with Gasteiger partial charge in [-0.1, -0.05) is 17.7 Å². The molecule has 0 aliphatic carbocycles. The number of carbonyl (C=O) groups is 1. The molecule has 17 heavy (non-hydrogen) atoms. The molecule has 1 aromatic carbocycles. The lowest BCUT2D eigenvalue weighted by atomic mass is 9.97. The SMILES string of the molecule is Cc1ccc(C)c(C(=O)c2ccnc(C)c2)c1. The summed E-state index contributed by atoms with van der Waals surface area (Å²) in [5.74, 6) is 0.0664. The van der Waals surface area contributed by atoms with E-state index in [9.17, 15) is 4.79 Å². The maximum absolute atomic E-state index is 12.3. The minimum atomic E-state index is 0.0664. The van der Waals surface area contributed by atoms with Crippen LogP contribution in [0.1, 0.15) is 32.7 Å². The Balaban J connectivity index is 2.47. The molecular formula is C15H15NO. The van der Waals surface area contributed by atoms with E-state index in [0.29, 0.717) is 5.56 Å². The second-order valence-corrected chi connectivity index (χ2v) is 4.33. The topological polar surface area (TPSA) is 30.0 Å². The van der Waals surface area contributed by atoms with Crippen molar-refractivity contribution in [3.63, 3.8) is 0 Å². The molecular weight excluding hydrogens is 210 g/mol. The Morgan fingerprint density at radius 3 is 2.53 bits per heavy atom.